The van der Waals surface area contributed by atoms with E-state index in [4.69, 9.17) is 4.74 Å². The molecule has 0 saturated carbocycles. The van der Waals surface area contributed by atoms with E-state index in [1.54, 1.807) is 7.11 Å². The predicted molar refractivity (Wildman–Crippen MR) is 82.4 cm³/mol. The lowest BCUT2D eigenvalue weighted by atomic mass is 9.95. The summed E-state index contributed by atoms with van der Waals surface area (Å²) in [5.74, 6) is 0.888. The van der Waals surface area contributed by atoms with Crippen molar-refractivity contribution in [3.05, 3.63) is 48.2 Å². The van der Waals surface area contributed by atoms with Gasteiger partial charge in [-0.1, -0.05) is 24.3 Å². The number of hydrogen-bond donors (Lipinski definition) is 1. The summed E-state index contributed by atoms with van der Waals surface area (Å²) >= 11 is 0. The van der Waals surface area contributed by atoms with Crippen LogP contribution < -0.4 is 4.74 Å². The maximum atomic E-state index is 5.42. The summed E-state index contributed by atoms with van der Waals surface area (Å²) in [7, 11) is 1.71. The van der Waals surface area contributed by atoms with Crippen molar-refractivity contribution in [2.45, 2.75) is 6.92 Å². The molecule has 4 rings (SSSR count). The zero-order valence-corrected chi connectivity index (χ0v) is 11.4. The zero-order valence-electron chi connectivity index (χ0n) is 11.4. The van der Waals surface area contributed by atoms with Crippen LogP contribution in [0, 0.1) is 6.92 Å². The molecular weight excluding hydrogens is 248 g/mol. The standard InChI is InChI=1S/C17H14N2O/c1-10-7-11(20-2)8-14-12-5-3-4-6-13(12)15-9-18-19-17(15)16(10)14/h3-9H,1-2H3,(H,18,19). The summed E-state index contributed by atoms with van der Waals surface area (Å²) in [6, 6.07) is 12.6. The molecule has 0 fully saturated rings. The van der Waals surface area contributed by atoms with Gasteiger partial charge in [-0.05, 0) is 40.8 Å². The third kappa shape index (κ3) is 1.37. The van der Waals surface area contributed by atoms with Crippen LogP contribution >= 0.6 is 0 Å². The van der Waals surface area contributed by atoms with Gasteiger partial charge in [0.1, 0.15) is 5.75 Å². The maximum Gasteiger partial charge on any atom is 0.119 e. The molecule has 0 aliphatic carbocycles. The summed E-state index contributed by atoms with van der Waals surface area (Å²) in [6.45, 7) is 2.11. The Labute approximate surface area is 116 Å². The molecule has 0 spiro atoms. The van der Waals surface area contributed by atoms with Gasteiger partial charge in [0, 0.05) is 10.8 Å². The van der Waals surface area contributed by atoms with Gasteiger partial charge in [-0.2, -0.15) is 5.10 Å². The Kier molecular flexibility index (Phi) is 2.24. The van der Waals surface area contributed by atoms with Crippen molar-refractivity contribution in [1.82, 2.24) is 10.2 Å². The fraction of sp³-hybridized carbons (Fsp3) is 0.118. The van der Waals surface area contributed by atoms with Crippen molar-refractivity contribution >= 4 is 32.4 Å². The molecule has 1 aromatic heterocycles. The highest BCUT2D eigenvalue weighted by atomic mass is 16.5. The number of benzene rings is 3. The molecule has 3 aromatic carbocycles. The van der Waals surface area contributed by atoms with Crippen molar-refractivity contribution in [3.63, 3.8) is 0 Å². The van der Waals surface area contributed by atoms with Gasteiger partial charge in [0.25, 0.3) is 0 Å². The summed E-state index contributed by atoms with van der Waals surface area (Å²) in [6.07, 6.45) is 1.90. The van der Waals surface area contributed by atoms with Crippen LogP contribution in [0.2, 0.25) is 0 Å². The molecule has 0 bridgehead atoms. The number of H-pyrrole nitrogens is 1. The van der Waals surface area contributed by atoms with Crippen molar-refractivity contribution in [2.24, 2.45) is 0 Å². The fourth-order valence-electron chi connectivity index (χ4n) is 3.05. The van der Waals surface area contributed by atoms with Crippen LogP contribution in [-0.2, 0) is 0 Å². The van der Waals surface area contributed by atoms with Crippen LogP contribution in [0.5, 0.6) is 5.75 Å². The van der Waals surface area contributed by atoms with Gasteiger partial charge in [-0.3, -0.25) is 5.10 Å². The van der Waals surface area contributed by atoms with E-state index in [9.17, 15) is 0 Å². The van der Waals surface area contributed by atoms with Gasteiger partial charge in [0.15, 0.2) is 0 Å². The summed E-state index contributed by atoms with van der Waals surface area (Å²) in [5.41, 5.74) is 2.29. The number of aryl methyl sites for hydroxylation is 1. The second kappa shape index (κ2) is 3.97. The lowest BCUT2D eigenvalue weighted by molar-refractivity contribution is 0.415. The Hall–Kier alpha value is -2.55. The molecule has 1 heterocycles. The number of aromatic amines is 1. The average Bonchev–Trinajstić information content (AvgIpc) is 2.96. The van der Waals surface area contributed by atoms with Crippen LogP contribution in [0.4, 0.5) is 0 Å². The Balaban J connectivity index is 2.38. The van der Waals surface area contributed by atoms with Crippen LogP contribution in [0.3, 0.4) is 0 Å². The molecule has 4 aromatic rings. The van der Waals surface area contributed by atoms with Gasteiger partial charge in [0.05, 0.1) is 18.8 Å². The van der Waals surface area contributed by atoms with Crippen molar-refractivity contribution in [3.8, 4) is 5.75 Å². The second-order valence-corrected chi connectivity index (χ2v) is 5.07. The van der Waals surface area contributed by atoms with E-state index in [-0.39, 0.29) is 0 Å². The maximum absolute atomic E-state index is 5.42. The first-order valence-electron chi connectivity index (χ1n) is 6.61. The molecule has 98 valence electrons. The van der Waals surface area contributed by atoms with Crippen molar-refractivity contribution in [2.75, 3.05) is 7.11 Å². The molecule has 1 N–H and O–H groups in total. The number of aromatic nitrogens is 2. The average molecular weight is 262 g/mol. The Morgan fingerprint density at radius 1 is 1.00 bits per heavy atom. The summed E-state index contributed by atoms with van der Waals surface area (Å²) < 4.78 is 5.42. The molecule has 3 heteroatoms. The number of rotatable bonds is 1. The Morgan fingerprint density at radius 2 is 1.75 bits per heavy atom. The van der Waals surface area contributed by atoms with Gasteiger partial charge in [-0.15, -0.1) is 0 Å². The molecule has 0 atom stereocenters. The molecule has 20 heavy (non-hydrogen) atoms. The van der Waals surface area contributed by atoms with Crippen LogP contribution in [-0.4, -0.2) is 17.3 Å². The molecular formula is C17H14N2O. The highest BCUT2D eigenvalue weighted by Gasteiger charge is 2.12. The lowest BCUT2D eigenvalue weighted by Gasteiger charge is -2.11. The summed E-state index contributed by atoms with van der Waals surface area (Å²) in [5, 5.41) is 13.4. The molecule has 0 aliphatic heterocycles. The Bertz CT molecular complexity index is 953. The van der Waals surface area contributed by atoms with E-state index in [1.165, 1.54) is 32.5 Å². The normalized spacial score (nSPS) is 11.5. The third-order valence-electron chi connectivity index (χ3n) is 3.94. The number of ether oxygens (including phenoxy) is 1. The van der Waals surface area contributed by atoms with E-state index in [0.29, 0.717) is 0 Å². The quantitative estimate of drug-likeness (QED) is 0.522. The van der Waals surface area contributed by atoms with E-state index in [0.717, 1.165) is 11.3 Å². The molecule has 3 nitrogen and oxygen atoms in total. The number of nitrogens with zero attached hydrogens (tertiary/aromatic N) is 1. The smallest absolute Gasteiger partial charge is 0.119 e. The number of fused-ring (bicyclic) bond motifs is 6. The van der Waals surface area contributed by atoms with Crippen LogP contribution in [0.15, 0.2) is 42.6 Å². The minimum absolute atomic E-state index is 0.888. The van der Waals surface area contributed by atoms with E-state index in [2.05, 4.69) is 53.5 Å². The molecule has 0 aliphatic rings. The number of nitrogens with one attached hydrogen (secondary N) is 1. The minimum atomic E-state index is 0.888. The van der Waals surface area contributed by atoms with E-state index in [1.807, 2.05) is 6.20 Å². The SMILES string of the molecule is COc1cc(C)c2c(c1)c1ccccc1c1cn[nH]c12. The molecule has 0 amide bonds. The summed E-state index contributed by atoms with van der Waals surface area (Å²) in [4.78, 5) is 0. The first kappa shape index (κ1) is 11.3. The van der Waals surface area contributed by atoms with Crippen molar-refractivity contribution in [1.29, 1.82) is 0 Å². The number of hydrogen-bond acceptors (Lipinski definition) is 2. The highest BCUT2D eigenvalue weighted by Crippen LogP contribution is 2.37. The van der Waals surface area contributed by atoms with Gasteiger partial charge < -0.3 is 4.74 Å². The van der Waals surface area contributed by atoms with Gasteiger partial charge in [0.2, 0.25) is 0 Å². The predicted octanol–water partition coefficient (Wildman–Crippen LogP) is 4.19. The zero-order chi connectivity index (χ0) is 13.7. The van der Waals surface area contributed by atoms with Gasteiger partial charge >= 0.3 is 0 Å². The van der Waals surface area contributed by atoms with Gasteiger partial charge in [-0.25, -0.2) is 0 Å². The monoisotopic (exact) mass is 262 g/mol. The first-order valence-corrected chi connectivity index (χ1v) is 6.61. The van der Waals surface area contributed by atoms with Crippen molar-refractivity contribution < 1.29 is 4.74 Å². The number of methoxy groups -OCH3 is 1. The Morgan fingerprint density at radius 3 is 2.50 bits per heavy atom. The largest absolute Gasteiger partial charge is 0.497 e. The topological polar surface area (TPSA) is 37.9 Å². The fourth-order valence-corrected chi connectivity index (χ4v) is 3.05. The molecule has 0 unspecified atom stereocenters. The van der Waals surface area contributed by atoms with E-state index < -0.39 is 0 Å². The molecule has 0 saturated heterocycles. The van der Waals surface area contributed by atoms with Crippen LogP contribution in [0.25, 0.3) is 32.4 Å². The van der Waals surface area contributed by atoms with Crippen LogP contribution in [0.1, 0.15) is 5.56 Å². The molecule has 0 radical (unpaired) electrons. The van der Waals surface area contributed by atoms with E-state index >= 15 is 0 Å². The first-order chi connectivity index (χ1) is 9.79. The second-order valence-electron chi connectivity index (χ2n) is 5.07. The lowest BCUT2D eigenvalue weighted by Crippen LogP contribution is -1.88. The highest BCUT2D eigenvalue weighted by molar-refractivity contribution is 6.25. The third-order valence-corrected chi connectivity index (χ3v) is 3.94. The minimum Gasteiger partial charge on any atom is -0.497 e.